The van der Waals surface area contributed by atoms with Crippen molar-refractivity contribution in [3.05, 3.63) is 72.8 Å². The molecule has 0 saturated heterocycles. The largest absolute Gasteiger partial charge is 0.316 e. The maximum atomic E-state index is 12.6. The first kappa shape index (κ1) is 19.2. The van der Waals surface area contributed by atoms with Crippen LogP contribution in [0.5, 0.6) is 0 Å². The number of hydrogen-bond acceptors (Lipinski definition) is 2. The Bertz CT molecular complexity index is 1050. The highest BCUT2D eigenvalue weighted by Gasteiger charge is 2.15. The molecule has 134 valence electrons. The molecule has 2 aromatic carbocycles. The number of carbonyl (C=O) groups excluding carboxylic acids is 1. The average molecular weight is 426 g/mol. The normalized spacial score (nSPS) is 11.8. The van der Waals surface area contributed by atoms with E-state index in [0.29, 0.717) is 32.0 Å². The first-order valence-electron chi connectivity index (χ1n) is 7.91. The van der Waals surface area contributed by atoms with Gasteiger partial charge in [-0.3, -0.25) is 4.79 Å². The molecule has 0 bridgehead atoms. The maximum Gasteiger partial charge on any atom is 0.281 e. The van der Waals surface area contributed by atoms with E-state index in [1.54, 1.807) is 30.3 Å². The lowest BCUT2D eigenvalue weighted by Crippen LogP contribution is -2.17. The zero-order valence-corrected chi connectivity index (χ0v) is 17.2. The summed E-state index contributed by atoms with van der Waals surface area (Å²) >= 11 is 19.8. The smallest absolute Gasteiger partial charge is 0.281 e. The topological polar surface area (TPSA) is 34.4 Å². The third-order valence-corrected chi connectivity index (χ3v) is 5.95. The Hall–Kier alpha value is -1.59. The number of carbonyl (C=O) groups is 1. The van der Waals surface area contributed by atoms with Crippen LogP contribution in [0.25, 0.3) is 11.3 Å². The number of amides is 1. The molecule has 26 heavy (non-hydrogen) atoms. The first-order valence-corrected chi connectivity index (χ1v) is 9.86. The quantitative estimate of drug-likeness (QED) is 0.488. The van der Waals surface area contributed by atoms with Crippen LogP contribution in [-0.2, 0) is 6.54 Å². The third kappa shape index (κ3) is 3.74. The van der Waals surface area contributed by atoms with Crippen molar-refractivity contribution in [2.75, 3.05) is 0 Å². The number of rotatable bonds is 3. The van der Waals surface area contributed by atoms with Gasteiger partial charge in [0.2, 0.25) is 0 Å². The lowest BCUT2D eigenvalue weighted by Gasteiger charge is -2.08. The summed E-state index contributed by atoms with van der Waals surface area (Å²) < 4.78 is 1.99. The summed E-state index contributed by atoms with van der Waals surface area (Å²) in [5.74, 6) is -0.361. The Kier molecular flexibility index (Phi) is 5.88. The van der Waals surface area contributed by atoms with Gasteiger partial charge in [0.15, 0.2) is 4.80 Å². The molecular formula is C19H15Cl3N2OS. The van der Waals surface area contributed by atoms with Gasteiger partial charge in [0.05, 0.1) is 26.3 Å². The number of nitrogens with zero attached hydrogens (tertiary/aromatic N) is 2. The van der Waals surface area contributed by atoms with Gasteiger partial charge in [-0.2, -0.15) is 4.99 Å². The first-order chi connectivity index (χ1) is 12.4. The molecule has 0 radical (unpaired) electrons. The fraction of sp³-hybridized carbons (Fsp3) is 0.158. The summed E-state index contributed by atoms with van der Waals surface area (Å²) in [6.45, 7) is 4.66. The molecule has 0 fully saturated rings. The van der Waals surface area contributed by atoms with E-state index < -0.39 is 0 Å². The molecule has 0 N–H and O–H groups in total. The van der Waals surface area contributed by atoms with Crippen LogP contribution in [0.1, 0.15) is 22.2 Å². The summed E-state index contributed by atoms with van der Waals surface area (Å²) in [6.07, 6.45) is 0. The van der Waals surface area contributed by atoms with Crippen molar-refractivity contribution >= 4 is 52.0 Å². The molecule has 1 heterocycles. The van der Waals surface area contributed by atoms with Gasteiger partial charge in [-0.25, -0.2) is 0 Å². The standard InChI is InChI=1S/C19H15Cl3N2OS/c1-3-24-17(12-8-9-15(21)16(22)10-12)11(2)26-19(24)23-18(25)13-6-4-5-7-14(13)20/h4-10H,3H2,1-2H3. The highest BCUT2D eigenvalue weighted by molar-refractivity contribution is 7.09. The van der Waals surface area contributed by atoms with Crippen molar-refractivity contribution in [1.29, 1.82) is 0 Å². The van der Waals surface area contributed by atoms with Crippen LogP contribution in [0.15, 0.2) is 47.5 Å². The number of halogens is 3. The number of benzene rings is 2. The Morgan fingerprint density at radius 3 is 2.46 bits per heavy atom. The van der Waals surface area contributed by atoms with Gasteiger partial charge in [-0.1, -0.05) is 53.0 Å². The predicted molar refractivity (Wildman–Crippen MR) is 110 cm³/mol. The number of hydrogen-bond donors (Lipinski definition) is 0. The highest BCUT2D eigenvalue weighted by atomic mass is 35.5. The molecule has 0 unspecified atom stereocenters. The Balaban J connectivity index is 2.14. The second kappa shape index (κ2) is 7.97. The van der Waals surface area contributed by atoms with Gasteiger partial charge in [0.25, 0.3) is 5.91 Å². The molecule has 1 aromatic heterocycles. The van der Waals surface area contributed by atoms with Crippen LogP contribution in [0.2, 0.25) is 15.1 Å². The summed E-state index contributed by atoms with van der Waals surface area (Å²) in [5.41, 5.74) is 2.29. The zero-order chi connectivity index (χ0) is 18.8. The van der Waals surface area contributed by atoms with E-state index in [0.717, 1.165) is 16.1 Å². The second-order valence-electron chi connectivity index (χ2n) is 5.56. The number of thiazole rings is 1. The molecule has 3 rings (SSSR count). The number of aromatic nitrogens is 1. The molecule has 7 heteroatoms. The Labute approximate surface area is 170 Å². The van der Waals surface area contributed by atoms with E-state index in [1.165, 1.54) is 11.3 Å². The molecule has 3 nitrogen and oxygen atoms in total. The van der Waals surface area contributed by atoms with Gasteiger partial charge >= 0.3 is 0 Å². The SMILES string of the molecule is CCn1c(-c2ccc(Cl)c(Cl)c2)c(C)sc1=NC(=O)c1ccccc1Cl. The second-order valence-corrected chi connectivity index (χ2v) is 7.96. The van der Waals surface area contributed by atoms with Gasteiger partial charge in [-0.15, -0.1) is 11.3 Å². The van der Waals surface area contributed by atoms with Crippen molar-refractivity contribution in [3.8, 4) is 11.3 Å². The molecule has 3 aromatic rings. The van der Waals surface area contributed by atoms with E-state index in [9.17, 15) is 4.79 Å². The van der Waals surface area contributed by atoms with E-state index in [4.69, 9.17) is 34.8 Å². The fourth-order valence-electron chi connectivity index (χ4n) is 2.69. The molecule has 0 aliphatic heterocycles. The Morgan fingerprint density at radius 2 is 1.81 bits per heavy atom. The van der Waals surface area contributed by atoms with Crippen LogP contribution >= 0.6 is 46.1 Å². The zero-order valence-electron chi connectivity index (χ0n) is 14.1. The summed E-state index contributed by atoms with van der Waals surface area (Å²) in [6, 6.07) is 12.4. The lowest BCUT2D eigenvalue weighted by molar-refractivity contribution is 0.0998. The van der Waals surface area contributed by atoms with Crippen molar-refractivity contribution in [2.45, 2.75) is 20.4 Å². The monoisotopic (exact) mass is 424 g/mol. The minimum Gasteiger partial charge on any atom is -0.316 e. The molecular weight excluding hydrogens is 411 g/mol. The molecule has 0 aliphatic rings. The van der Waals surface area contributed by atoms with Crippen molar-refractivity contribution in [2.24, 2.45) is 4.99 Å². The molecule has 1 amide bonds. The van der Waals surface area contributed by atoms with Gasteiger partial charge in [-0.05, 0) is 38.1 Å². The predicted octanol–water partition coefficient (Wildman–Crippen LogP) is 6.25. The van der Waals surface area contributed by atoms with Crippen LogP contribution in [0, 0.1) is 6.92 Å². The van der Waals surface area contributed by atoms with Crippen molar-refractivity contribution < 1.29 is 4.79 Å². The summed E-state index contributed by atoms with van der Waals surface area (Å²) in [4.78, 5) is 18.5. The van der Waals surface area contributed by atoms with Gasteiger partial charge in [0.1, 0.15) is 0 Å². The minimum atomic E-state index is -0.361. The lowest BCUT2D eigenvalue weighted by atomic mass is 10.1. The van der Waals surface area contributed by atoms with E-state index in [-0.39, 0.29) is 5.91 Å². The minimum absolute atomic E-state index is 0.361. The van der Waals surface area contributed by atoms with E-state index >= 15 is 0 Å². The molecule has 0 aliphatic carbocycles. The number of aryl methyl sites for hydroxylation is 1. The van der Waals surface area contributed by atoms with Crippen molar-refractivity contribution in [1.82, 2.24) is 4.57 Å². The maximum absolute atomic E-state index is 12.6. The van der Waals surface area contributed by atoms with Crippen LogP contribution < -0.4 is 4.80 Å². The highest BCUT2D eigenvalue weighted by Crippen LogP contribution is 2.31. The molecule has 0 spiro atoms. The van der Waals surface area contributed by atoms with Crippen LogP contribution in [-0.4, -0.2) is 10.5 Å². The van der Waals surface area contributed by atoms with E-state index in [1.807, 2.05) is 30.5 Å². The third-order valence-electron chi connectivity index (χ3n) is 3.89. The molecule has 0 atom stereocenters. The van der Waals surface area contributed by atoms with E-state index in [2.05, 4.69) is 4.99 Å². The summed E-state index contributed by atoms with van der Waals surface area (Å²) in [7, 11) is 0. The van der Waals surface area contributed by atoms with Gasteiger partial charge < -0.3 is 4.57 Å². The summed E-state index contributed by atoms with van der Waals surface area (Å²) in [5, 5.41) is 1.38. The fourth-order valence-corrected chi connectivity index (χ4v) is 4.26. The molecule has 0 saturated carbocycles. The van der Waals surface area contributed by atoms with Crippen LogP contribution in [0.4, 0.5) is 0 Å². The Morgan fingerprint density at radius 1 is 1.08 bits per heavy atom. The van der Waals surface area contributed by atoms with Gasteiger partial charge in [0, 0.05) is 17.0 Å². The van der Waals surface area contributed by atoms with Crippen LogP contribution in [0.3, 0.4) is 0 Å². The van der Waals surface area contributed by atoms with Crippen molar-refractivity contribution in [3.63, 3.8) is 0 Å². The average Bonchev–Trinajstić information content (AvgIpc) is 2.92.